The van der Waals surface area contributed by atoms with Crippen LogP contribution in [0.15, 0.2) is 85.0 Å². The lowest BCUT2D eigenvalue weighted by atomic mass is 9.77. The van der Waals surface area contributed by atoms with Gasteiger partial charge in [-0.25, -0.2) is 0 Å². The molecule has 3 aromatic rings. The first-order chi connectivity index (χ1) is 28.8. The normalized spacial score (nSPS) is 25.1. The SMILES string of the molecule is CCCCCCCCCCCCn1c2ccc(C(=O)CCC3C=CC=CC3(C)N3CCOCC3)cc2c2cc(C(=O)CCC3C=CC=CC3(C)N3CCOCC3)ccc21. The number of Topliss-reactive ketones (excluding diaryl/α,β-unsaturated/α-hetero) is 2. The van der Waals surface area contributed by atoms with E-state index < -0.39 is 0 Å². The molecule has 4 unspecified atom stereocenters. The molecular weight excluding hydrogens is 731 g/mol. The van der Waals surface area contributed by atoms with Crippen LogP contribution >= 0.6 is 0 Å². The Morgan fingerprint density at radius 1 is 0.593 bits per heavy atom. The minimum atomic E-state index is -0.126. The predicted octanol–water partition coefficient (Wildman–Crippen LogP) is 11.3. The van der Waals surface area contributed by atoms with E-state index in [1.165, 1.54) is 57.8 Å². The minimum Gasteiger partial charge on any atom is -0.379 e. The zero-order valence-electron chi connectivity index (χ0n) is 36.5. The van der Waals surface area contributed by atoms with Crippen LogP contribution in [0.5, 0.6) is 0 Å². The number of morpholine rings is 2. The van der Waals surface area contributed by atoms with E-state index in [0.717, 1.165) is 111 Å². The summed E-state index contributed by atoms with van der Waals surface area (Å²) in [4.78, 5) is 33.1. The highest BCUT2D eigenvalue weighted by Crippen LogP contribution is 2.38. The molecule has 1 aromatic heterocycles. The molecule has 0 radical (unpaired) electrons. The van der Waals surface area contributed by atoms with E-state index in [2.05, 4.69) is 108 Å². The standard InChI is InChI=1S/C52H71N3O4/c1-4-5-6-7-8-9-10-11-12-17-30-55-47-24-20-41(49(56)26-22-43-18-13-15-28-51(43,2)53-31-35-58-36-32-53)39-45(47)46-40-42(21-25-48(46)55)50(57)27-23-44-19-14-16-29-52(44,3)54-33-37-59-38-34-54/h13-16,18-21,24-25,28-29,39-40,43-44H,4-12,17,22-23,26-27,30-38H2,1-3H3. The van der Waals surface area contributed by atoms with Gasteiger partial charge in [0.1, 0.15) is 0 Å². The number of carbonyl (C=O) groups is 2. The monoisotopic (exact) mass is 802 g/mol. The van der Waals surface area contributed by atoms with E-state index in [4.69, 9.17) is 9.47 Å². The van der Waals surface area contributed by atoms with Gasteiger partial charge >= 0.3 is 0 Å². The maximum atomic E-state index is 14.1. The lowest BCUT2D eigenvalue weighted by Crippen LogP contribution is -2.54. The van der Waals surface area contributed by atoms with E-state index in [1.54, 1.807) is 0 Å². The quantitative estimate of drug-likeness (QED) is 0.0790. The number of ketones is 2. The second-order valence-corrected chi connectivity index (χ2v) is 18.1. The van der Waals surface area contributed by atoms with Crippen molar-refractivity contribution in [2.24, 2.45) is 11.8 Å². The molecule has 0 bridgehead atoms. The van der Waals surface area contributed by atoms with Gasteiger partial charge in [-0.3, -0.25) is 19.4 Å². The van der Waals surface area contributed by atoms with E-state index in [1.807, 2.05) is 12.1 Å². The summed E-state index contributed by atoms with van der Waals surface area (Å²) in [5.41, 5.74) is 3.57. The number of ether oxygens (including phenoxy) is 2. The van der Waals surface area contributed by atoms with Crippen molar-refractivity contribution < 1.29 is 19.1 Å². The van der Waals surface area contributed by atoms with Gasteiger partial charge in [-0.05, 0) is 81.3 Å². The Morgan fingerprint density at radius 2 is 1.02 bits per heavy atom. The number of unbranched alkanes of at least 4 members (excludes halogenated alkanes) is 9. The zero-order valence-corrected chi connectivity index (χ0v) is 36.5. The summed E-state index contributed by atoms with van der Waals surface area (Å²) in [5, 5.41) is 2.15. The molecule has 7 nitrogen and oxygen atoms in total. The van der Waals surface area contributed by atoms with Crippen molar-refractivity contribution in [3.05, 3.63) is 96.1 Å². The molecule has 318 valence electrons. The molecule has 2 aromatic carbocycles. The first-order valence-corrected chi connectivity index (χ1v) is 23.3. The number of aromatic nitrogens is 1. The third kappa shape index (κ3) is 10.3. The Bertz CT molecular complexity index is 1870. The van der Waals surface area contributed by atoms with Crippen LogP contribution in [0.4, 0.5) is 0 Å². The maximum absolute atomic E-state index is 14.1. The van der Waals surface area contributed by atoms with Crippen LogP contribution in [0, 0.1) is 11.8 Å². The van der Waals surface area contributed by atoms with Crippen molar-refractivity contribution in [3.63, 3.8) is 0 Å². The van der Waals surface area contributed by atoms with Crippen molar-refractivity contribution >= 4 is 33.4 Å². The Morgan fingerprint density at radius 3 is 1.46 bits per heavy atom. The van der Waals surface area contributed by atoms with Gasteiger partial charge in [0, 0.05) is 89.6 Å². The van der Waals surface area contributed by atoms with Gasteiger partial charge in [-0.2, -0.15) is 0 Å². The summed E-state index contributed by atoms with van der Waals surface area (Å²) in [5.74, 6) is 0.864. The first kappa shape index (κ1) is 43.5. The van der Waals surface area contributed by atoms with E-state index in [0.29, 0.717) is 12.8 Å². The Kier molecular flexibility index (Phi) is 15.3. The number of carbonyl (C=O) groups excluding carboxylic acids is 2. The molecular formula is C52H71N3O4. The molecule has 0 spiro atoms. The molecule has 7 heteroatoms. The third-order valence-electron chi connectivity index (χ3n) is 14.3. The lowest BCUT2D eigenvalue weighted by Gasteiger charge is -2.46. The van der Waals surface area contributed by atoms with E-state index in [-0.39, 0.29) is 34.5 Å². The van der Waals surface area contributed by atoms with Crippen LogP contribution in [-0.2, 0) is 16.0 Å². The van der Waals surface area contributed by atoms with Crippen molar-refractivity contribution in [2.75, 3.05) is 52.6 Å². The smallest absolute Gasteiger partial charge is 0.162 e. The number of aryl methyl sites for hydroxylation is 1. The molecule has 4 atom stereocenters. The number of hydrogen-bond acceptors (Lipinski definition) is 6. The molecule has 3 heterocycles. The highest BCUT2D eigenvalue weighted by molar-refractivity contribution is 6.13. The van der Waals surface area contributed by atoms with Gasteiger partial charge in [0.2, 0.25) is 0 Å². The van der Waals surface area contributed by atoms with Gasteiger partial charge in [-0.15, -0.1) is 0 Å². The number of benzene rings is 2. The third-order valence-corrected chi connectivity index (χ3v) is 14.3. The predicted molar refractivity (Wildman–Crippen MR) is 244 cm³/mol. The fraction of sp³-hybridized carbons (Fsp3) is 0.577. The molecule has 59 heavy (non-hydrogen) atoms. The maximum Gasteiger partial charge on any atom is 0.162 e. The topological polar surface area (TPSA) is 64.0 Å². The number of nitrogens with zero attached hydrogens (tertiary/aromatic N) is 3. The number of rotatable bonds is 21. The van der Waals surface area contributed by atoms with Gasteiger partial charge in [0.05, 0.1) is 26.4 Å². The summed E-state index contributed by atoms with van der Waals surface area (Å²) in [6.07, 6.45) is 33.4. The summed E-state index contributed by atoms with van der Waals surface area (Å²) in [6, 6.07) is 12.6. The first-order valence-electron chi connectivity index (χ1n) is 23.3. The average molecular weight is 802 g/mol. The molecule has 4 aliphatic rings. The largest absolute Gasteiger partial charge is 0.379 e. The fourth-order valence-corrected chi connectivity index (χ4v) is 10.4. The van der Waals surface area contributed by atoms with Crippen LogP contribution < -0.4 is 0 Å². The van der Waals surface area contributed by atoms with Crippen molar-refractivity contribution in [1.82, 2.24) is 14.4 Å². The van der Waals surface area contributed by atoms with E-state index >= 15 is 0 Å². The second-order valence-electron chi connectivity index (χ2n) is 18.1. The van der Waals surface area contributed by atoms with Gasteiger partial charge in [-0.1, -0.05) is 113 Å². The Labute approximate surface area is 354 Å². The van der Waals surface area contributed by atoms with Crippen molar-refractivity contribution in [1.29, 1.82) is 0 Å². The summed E-state index contributed by atoms with van der Waals surface area (Å²) >= 11 is 0. The van der Waals surface area contributed by atoms with E-state index in [9.17, 15) is 9.59 Å². The Balaban J connectivity index is 1.07. The summed E-state index contributed by atoms with van der Waals surface area (Å²) < 4.78 is 13.8. The number of hydrogen-bond donors (Lipinski definition) is 0. The fourth-order valence-electron chi connectivity index (χ4n) is 10.4. The number of allylic oxidation sites excluding steroid dienone is 4. The molecule has 0 amide bonds. The molecule has 2 saturated heterocycles. The molecule has 0 N–H and O–H groups in total. The highest BCUT2D eigenvalue weighted by atomic mass is 16.5. The lowest BCUT2D eigenvalue weighted by molar-refractivity contribution is -0.0146. The van der Waals surface area contributed by atoms with Crippen molar-refractivity contribution in [2.45, 2.75) is 128 Å². The van der Waals surface area contributed by atoms with Gasteiger partial charge in [0.25, 0.3) is 0 Å². The van der Waals surface area contributed by atoms with Crippen LogP contribution in [0.2, 0.25) is 0 Å². The Hall–Kier alpha value is -3.62. The summed E-state index contributed by atoms with van der Waals surface area (Å²) in [6.45, 7) is 14.5. The van der Waals surface area contributed by atoms with Crippen molar-refractivity contribution in [3.8, 4) is 0 Å². The highest BCUT2D eigenvalue weighted by Gasteiger charge is 2.39. The van der Waals surface area contributed by atoms with Crippen LogP contribution in [0.25, 0.3) is 21.8 Å². The summed E-state index contributed by atoms with van der Waals surface area (Å²) in [7, 11) is 0. The van der Waals surface area contributed by atoms with Crippen LogP contribution in [-0.4, -0.2) is 89.6 Å². The van der Waals surface area contributed by atoms with Gasteiger partial charge < -0.3 is 14.0 Å². The molecule has 0 saturated carbocycles. The second kappa shape index (κ2) is 20.8. The van der Waals surface area contributed by atoms with Crippen LogP contribution in [0.1, 0.15) is 131 Å². The molecule has 2 aliphatic carbocycles. The average Bonchev–Trinajstić information content (AvgIpc) is 3.58. The zero-order chi connectivity index (χ0) is 41.1. The molecule has 7 rings (SSSR count). The molecule has 2 aliphatic heterocycles. The number of fused-ring (bicyclic) bond motifs is 3. The molecule has 2 fully saturated rings. The van der Waals surface area contributed by atoms with Crippen LogP contribution in [0.3, 0.4) is 0 Å². The van der Waals surface area contributed by atoms with Gasteiger partial charge in [0.15, 0.2) is 11.6 Å². The minimum absolute atomic E-state index is 0.126.